The molecular weight excluding hydrogens is 250 g/mol. The smallest absolute Gasteiger partial charge is 0.326 e. The van der Waals surface area contributed by atoms with Crippen molar-refractivity contribution in [1.29, 1.82) is 0 Å². The van der Waals surface area contributed by atoms with Crippen LogP contribution in [0.2, 0.25) is 0 Å². The minimum absolute atomic E-state index is 0.147. The zero-order valence-electron chi connectivity index (χ0n) is 10.7. The van der Waals surface area contributed by atoms with E-state index >= 15 is 0 Å². The van der Waals surface area contributed by atoms with Crippen LogP contribution in [0, 0.1) is 6.92 Å². The number of aryl methyl sites for hydroxylation is 1. The second-order valence-corrected chi connectivity index (χ2v) is 4.45. The molecular formula is C12H15N3O4. The Balaban J connectivity index is 2.21. The number of likely N-dealkylation sites (tertiary alicyclic amines) is 1. The quantitative estimate of drug-likeness (QED) is 0.833. The molecule has 0 radical (unpaired) electrons. The number of rotatable bonds is 3. The molecule has 2 atom stereocenters. The van der Waals surface area contributed by atoms with E-state index in [0.29, 0.717) is 5.69 Å². The van der Waals surface area contributed by atoms with Crippen LogP contribution in [-0.4, -0.2) is 57.7 Å². The average Bonchev–Trinajstić information content (AvgIpc) is 2.83. The largest absolute Gasteiger partial charge is 0.480 e. The summed E-state index contributed by atoms with van der Waals surface area (Å²) in [4.78, 5) is 32.7. The molecule has 1 aliphatic heterocycles. The molecule has 0 aliphatic carbocycles. The number of hydrogen-bond acceptors (Lipinski definition) is 5. The van der Waals surface area contributed by atoms with E-state index in [2.05, 4.69) is 9.97 Å². The van der Waals surface area contributed by atoms with E-state index in [9.17, 15) is 9.59 Å². The Morgan fingerprint density at radius 2 is 2.16 bits per heavy atom. The molecule has 0 saturated carbocycles. The van der Waals surface area contributed by atoms with Gasteiger partial charge in [0.25, 0.3) is 5.91 Å². The van der Waals surface area contributed by atoms with Gasteiger partial charge in [0, 0.05) is 26.3 Å². The lowest BCUT2D eigenvalue weighted by Gasteiger charge is -2.20. The molecule has 102 valence electrons. The Hall–Kier alpha value is -2.02. The number of carboxylic acids is 1. The molecule has 7 heteroatoms. The summed E-state index contributed by atoms with van der Waals surface area (Å²) in [5.74, 6) is -1.47. The summed E-state index contributed by atoms with van der Waals surface area (Å²) < 4.78 is 5.13. The van der Waals surface area contributed by atoms with E-state index < -0.39 is 17.9 Å². The Labute approximate surface area is 110 Å². The number of carbonyl (C=O) groups is 2. The van der Waals surface area contributed by atoms with Crippen LogP contribution < -0.4 is 0 Å². The van der Waals surface area contributed by atoms with Gasteiger partial charge in [0.2, 0.25) is 0 Å². The van der Waals surface area contributed by atoms with Gasteiger partial charge in [-0.05, 0) is 6.92 Å². The van der Waals surface area contributed by atoms with E-state index in [1.807, 2.05) is 0 Å². The van der Waals surface area contributed by atoms with E-state index in [1.165, 1.54) is 24.4 Å². The molecule has 1 aromatic rings. The number of aromatic nitrogens is 2. The molecule has 2 rings (SSSR count). The Kier molecular flexibility index (Phi) is 3.75. The highest BCUT2D eigenvalue weighted by Gasteiger charge is 2.40. The fourth-order valence-corrected chi connectivity index (χ4v) is 2.08. The van der Waals surface area contributed by atoms with E-state index in [1.54, 1.807) is 6.92 Å². The second-order valence-electron chi connectivity index (χ2n) is 4.45. The lowest BCUT2D eigenvalue weighted by molar-refractivity contribution is -0.141. The van der Waals surface area contributed by atoms with Gasteiger partial charge in [0.05, 0.1) is 18.0 Å². The number of ether oxygens (including phenoxy) is 1. The maximum absolute atomic E-state index is 12.2. The lowest BCUT2D eigenvalue weighted by atomic mass is 10.2. The van der Waals surface area contributed by atoms with E-state index in [4.69, 9.17) is 9.84 Å². The number of carboxylic acid groups (broad SMARTS) is 1. The third-order valence-corrected chi connectivity index (χ3v) is 3.14. The number of amides is 1. The van der Waals surface area contributed by atoms with Crippen molar-refractivity contribution in [2.45, 2.75) is 25.5 Å². The molecule has 0 aromatic carbocycles. The van der Waals surface area contributed by atoms with Gasteiger partial charge in [-0.1, -0.05) is 0 Å². The molecule has 1 amide bonds. The van der Waals surface area contributed by atoms with Crippen LogP contribution in [0.15, 0.2) is 12.4 Å². The predicted octanol–water partition coefficient (Wildman–Crippen LogP) is 0.0991. The summed E-state index contributed by atoms with van der Waals surface area (Å²) in [5, 5.41) is 9.15. The van der Waals surface area contributed by atoms with Gasteiger partial charge in [0.15, 0.2) is 0 Å². The first-order valence-corrected chi connectivity index (χ1v) is 5.88. The summed E-state index contributed by atoms with van der Waals surface area (Å²) in [5.41, 5.74) is 0.844. The van der Waals surface area contributed by atoms with Crippen molar-refractivity contribution in [3.05, 3.63) is 23.8 Å². The maximum atomic E-state index is 12.2. The minimum atomic E-state index is -1.03. The van der Waals surface area contributed by atoms with Gasteiger partial charge in [-0.25, -0.2) is 9.78 Å². The van der Waals surface area contributed by atoms with Crippen molar-refractivity contribution in [2.24, 2.45) is 0 Å². The van der Waals surface area contributed by atoms with Gasteiger partial charge in [0.1, 0.15) is 11.7 Å². The Bertz CT molecular complexity index is 488. The number of hydrogen-bond donors (Lipinski definition) is 1. The first kappa shape index (κ1) is 13.4. The van der Waals surface area contributed by atoms with Crippen LogP contribution in [-0.2, 0) is 9.53 Å². The van der Waals surface area contributed by atoms with Gasteiger partial charge >= 0.3 is 5.97 Å². The van der Waals surface area contributed by atoms with Gasteiger partial charge < -0.3 is 14.7 Å². The normalized spacial score (nSPS) is 22.5. The minimum Gasteiger partial charge on any atom is -0.480 e. The maximum Gasteiger partial charge on any atom is 0.326 e. The summed E-state index contributed by atoms with van der Waals surface area (Å²) >= 11 is 0. The third-order valence-electron chi connectivity index (χ3n) is 3.14. The van der Waals surface area contributed by atoms with Crippen molar-refractivity contribution in [1.82, 2.24) is 14.9 Å². The molecule has 1 fully saturated rings. The average molecular weight is 265 g/mol. The molecule has 1 aromatic heterocycles. The number of carbonyl (C=O) groups excluding carboxylic acids is 1. The molecule has 2 unspecified atom stereocenters. The number of methoxy groups -OCH3 is 1. The van der Waals surface area contributed by atoms with Crippen LogP contribution in [0.3, 0.4) is 0 Å². The van der Waals surface area contributed by atoms with Crippen molar-refractivity contribution >= 4 is 11.9 Å². The van der Waals surface area contributed by atoms with Gasteiger partial charge in [-0.15, -0.1) is 0 Å². The number of aliphatic carboxylic acids is 1. The summed E-state index contributed by atoms with van der Waals surface area (Å²) in [6, 6.07) is -0.874. The highest BCUT2D eigenvalue weighted by Crippen LogP contribution is 2.22. The summed E-state index contributed by atoms with van der Waals surface area (Å²) in [6.07, 6.45) is 2.86. The van der Waals surface area contributed by atoms with Crippen LogP contribution in [0.1, 0.15) is 22.6 Å². The lowest BCUT2D eigenvalue weighted by Crippen LogP contribution is -2.41. The fraction of sp³-hybridized carbons (Fsp3) is 0.500. The van der Waals surface area contributed by atoms with Gasteiger partial charge in [-0.2, -0.15) is 0 Å². The van der Waals surface area contributed by atoms with E-state index in [-0.39, 0.29) is 24.8 Å². The Morgan fingerprint density at radius 3 is 2.68 bits per heavy atom. The predicted molar refractivity (Wildman–Crippen MR) is 64.6 cm³/mol. The van der Waals surface area contributed by atoms with E-state index in [0.717, 1.165) is 0 Å². The monoisotopic (exact) mass is 265 g/mol. The number of nitrogens with zero attached hydrogens (tertiary/aromatic N) is 3. The van der Waals surface area contributed by atoms with Gasteiger partial charge in [-0.3, -0.25) is 9.78 Å². The molecule has 1 aliphatic rings. The molecule has 0 bridgehead atoms. The van der Waals surface area contributed by atoms with Crippen molar-refractivity contribution in [2.75, 3.05) is 13.7 Å². The van der Waals surface area contributed by atoms with Crippen LogP contribution >= 0.6 is 0 Å². The highest BCUT2D eigenvalue weighted by atomic mass is 16.5. The fourth-order valence-electron chi connectivity index (χ4n) is 2.08. The first-order valence-electron chi connectivity index (χ1n) is 5.88. The summed E-state index contributed by atoms with van der Waals surface area (Å²) in [6.45, 7) is 2.01. The molecule has 1 saturated heterocycles. The van der Waals surface area contributed by atoms with Crippen molar-refractivity contribution in [3.8, 4) is 0 Å². The zero-order chi connectivity index (χ0) is 14.0. The zero-order valence-corrected chi connectivity index (χ0v) is 10.7. The Morgan fingerprint density at radius 1 is 1.42 bits per heavy atom. The highest BCUT2D eigenvalue weighted by molar-refractivity contribution is 5.95. The molecule has 7 nitrogen and oxygen atoms in total. The second kappa shape index (κ2) is 5.31. The van der Waals surface area contributed by atoms with Crippen LogP contribution in [0.25, 0.3) is 0 Å². The molecule has 0 spiro atoms. The molecule has 1 N–H and O–H groups in total. The molecule has 19 heavy (non-hydrogen) atoms. The van der Waals surface area contributed by atoms with Crippen LogP contribution in [0.5, 0.6) is 0 Å². The van der Waals surface area contributed by atoms with Crippen LogP contribution in [0.4, 0.5) is 0 Å². The SMILES string of the molecule is COC1CC(C(=O)O)N(C(=O)c2cnc(C)cn2)C1. The standard InChI is InChI=1S/C12H15N3O4/c1-7-4-14-9(5-13-7)11(16)15-6-8(19-2)3-10(15)12(17)18/h4-5,8,10H,3,6H2,1-2H3,(H,17,18). The molecule has 2 heterocycles. The third kappa shape index (κ3) is 2.70. The topological polar surface area (TPSA) is 92.6 Å². The van der Waals surface area contributed by atoms with Crippen molar-refractivity contribution < 1.29 is 19.4 Å². The van der Waals surface area contributed by atoms with Crippen molar-refractivity contribution in [3.63, 3.8) is 0 Å². The first-order chi connectivity index (χ1) is 9.02. The summed E-state index contributed by atoms with van der Waals surface area (Å²) in [7, 11) is 1.50.